The van der Waals surface area contributed by atoms with Crippen LogP contribution < -0.4 is 16.2 Å². The zero-order chi connectivity index (χ0) is 14.7. The van der Waals surface area contributed by atoms with E-state index in [1.807, 2.05) is 0 Å². The molecule has 1 aromatic rings. The normalized spacial score (nSPS) is 14.9. The summed E-state index contributed by atoms with van der Waals surface area (Å²) in [6, 6.07) is 3.20. The van der Waals surface area contributed by atoms with Crippen LogP contribution in [0.25, 0.3) is 0 Å². The molecule has 1 aromatic carbocycles. The van der Waals surface area contributed by atoms with Gasteiger partial charge in [-0.3, -0.25) is 25.2 Å². The molecule has 106 valence electrons. The monoisotopic (exact) mass is 283 g/mol. The molecule has 20 heavy (non-hydrogen) atoms. The van der Waals surface area contributed by atoms with E-state index < -0.39 is 41.0 Å². The molecule has 1 aliphatic rings. The number of hydrogen-bond donors (Lipinski definition) is 3. The van der Waals surface area contributed by atoms with E-state index in [1.54, 1.807) is 0 Å². The van der Waals surface area contributed by atoms with Gasteiger partial charge in [0.2, 0.25) is 5.91 Å². The van der Waals surface area contributed by atoms with Crippen LogP contribution in [-0.4, -0.2) is 17.7 Å². The number of anilines is 1. The summed E-state index contributed by atoms with van der Waals surface area (Å²) in [5, 5.41) is 2.08. The molecule has 6 nitrogen and oxygen atoms in total. The summed E-state index contributed by atoms with van der Waals surface area (Å²) < 4.78 is 26.6. The Kier molecular flexibility index (Phi) is 3.92. The molecule has 1 aliphatic heterocycles. The number of halogens is 2. The van der Waals surface area contributed by atoms with Crippen LogP contribution in [0, 0.1) is 17.6 Å². The molecule has 1 saturated heterocycles. The Morgan fingerprint density at radius 3 is 2.25 bits per heavy atom. The third kappa shape index (κ3) is 2.90. The molecule has 1 heterocycles. The third-order valence-electron chi connectivity index (χ3n) is 2.83. The smallest absolute Gasteiger partial charge is 0.251 e. The molecule has 2 rings (SSSR count). The predicted molar refractivity (Wildman–Crippen MR) is 64.0 cm³/mol. The van der Waals surface area contributed by atoms with Crippen molar-refractivity contribution < 1.29 is 23.2 Å². The van der Waals surface area contributed by atoms with Crippen molar-refractivity contribution in [3.63, 3.8) is 0 Å². The van der Waals surface area contributed by atoms with Crippen molar-refractivity contribution in [3.05, 3.63) is 29.8 Å². The molecule has 0 radical (unpaired) electrons. The van der Waals surface area contributed by atoms with Gasteiger partial charge in [0, 0.05) is 6.42 Å². The van der Waals surface area contributed by atoms with Crippen LogP contribution in [0.3, 0.4) is 0 Å². The minimum Gasteiger partial charge on any atom is -0.321 e. The molecular weight excluding hydrogens is 272 g/mol. The van der Waals surface area contributed by atoms with Crippen molar-refractivity contribution in [3.8, 4) is 0 Å². The fraction of sp³-hybridized carbons (Fsp3) is 0.250. The summed E-state index contributed by atoms with van der Waals surface area (Å²) in [5.74, 6) is -4.49. The second-order valence-corrected chi connectivity index (χ2v) is 4.21. The topological polar surface area (TPSA) is 87.3 Å². The molecule has 0 bridgehead atoms. The van der Waals surface area contributed by atoms with Gasteiger partial charge in [0.05, 0.1) is 0 Å². The molecule has 0 aromatic heterocycles. The summed E-state index contributed by atoms with van der Waals surface area (Å²) in [4.78, 5) is 34.0. The maximum atomic E-state index is 13.3. The van der Waals surface area contributed by atoms with E-state index in [0.29, 0.717) is 0 Å². The van der Waals surface area contributed by atoms with Crippen LogP contribution in [0.5, 0.6) is 0 Å². The Balaban J connectivity index is 1.93. The highest BCUT2D eigenvalue weighted by Crippen LogP contribution is 2.19. The van der Waals surface area contributed by atoms with Crippen molar-refractivity contribution >= 4 is 23.4 Å². The Morgan fingerprint density at radius 1 is 1.15 bits per heavy atom. The van der Waals surface area contributed by atoms with Crippen LogP contribution in [0.1, 0.15) is 12.8 Å². The minimum atomic E-state index is -0.966. The number of carbonyl (C=O) groups is 3. The van der Waals surface area contributed by atoms with E-state index in [0.717, 1.165) is 12.1 Å². The highest BCUT2D eigenvalue weighted by Gasteiger charge is 2.32. The van der Waals surface area contributed by atoms with Crippen LogP contribution >= 0.6 is 0 Å². The number of rotatable bonds is 4. The summed E-state index contributed by atoms with van der Waals surface area (Å²) >= 11 is 0. The SMILES string of the molecule is O=C(CCC1C(=O)NNC1=O)Nc1c(F)cccc1F. The van der Waals surface area contributed by atoms with Crippen LogP contribution in [-0.2, 0) is 14.4 Å². The molecule has 0 aliphatic carbocycles. The lowest BCUT2D eigenvalue weighted by Gasteiger charge is -2.08. The highest BCUT2D eigenvalue weighted by atomic mass is 19.1. The van der Waals surface area contributed by atoms with Gasteiger partial charge >= 0.3 is 0 Å². The standard InChI is InChI=1S/C12H11F2N3O3/c13-7-2-1-3-8(14)10(7)15-9(18)5-4-6-11(19)16-17-12(6)20/h1-3,6H,4-5H2,(H,15,18)(H,16,19)(H,17,20). The number of hydrazine groups is 1. The van der Waals surface area contributed by atoms with E-state index in [2.05, 4.69) is 16.2 Å². The fourth-order valence-electron chi connectivity index (χ4n) is 1.77. The lowest BCUT2D eigenvalue weighted by molar-refractivity contribution is -0.128. The van der Waals surface area contributed by atoms with Crippen molar-refractivity contribution in [1.29, 1.82) is 0 Å². The number of hydrogen-bond acceptors (Lipinski definition) is 3. The summed E-state index contributed by atoms with van der Waals surface area (Å²) in [5.41, 5.74) is 3.70. The molecule has 3 amide bonds. The second-order valence-electron chi connectivity index (χ2n) is 4.21. The van der Waals surface area contributed by atoms with Gasteiger partial charge in [0.15, 0.2) is 0 Å². The first-order valence-electron chi connectivity index (χ1n) is 5.82. The highest BCUT2D eigenvalue weighted by molar-refractivity contribution is 6.05. The quantitative estimate of drug-likeness (QED) is 0.702. The average Bonchev–Trinajstić information content (AvgIpc) is 2.71. The summed E-state index contributed by atoms with van der Waals surface area (Å²) in [6.45, 7) is 0. The first-order valence-corrected chi connectivity index (χ1v) is 5.82. The summed E-state index contributed by atoms with van der Waals surface area (Å²) in [6.07, 6.45) is -0.251. The molecule has 0 spiro atoms. The van der Waals surface area contributed by atoms with E-state index in [9.17, 15) is 23.2 Å². The molecule has 0 unspecified atom stereocenters. The third-order valence-corrected chi connectivity index (χ3v) is 2.83. The zero-order valence-corrected chi connectivity index (χ0v) is 10.2. The average molecular weight is 283 g/mol. The molecule has 1 fully saturated rings. The molecule has 3 N–H and O–H groups in total. The van der Waals surface area contributed by atoms with Gasteiger partial charge in [-0.1, -0.05) is 6.07 Å². The Morgan fingerprint density at radius 2 is 1.70 bits per heavy atom. The van der Waals surface area contributed by atoms with E-state index >= 15 is 0 Å². The van der Waals surface area contributed by atoms with E-state index in [4.69, 9.17) is 0 Å². The van der Waals surface area contributed by atoms with Crippen molar-refractivity contribution in [2.24, 2.45) is 5.92 Å². The Labute approximate surface area is 112 Å². The number of para-hydroxylation sites is 1. The van der Waals surface area contributed by atoms with Gasteiger partial charge in [-0.25, -0.2) is 8.78 Å². The number of amides is 3. The van der Waals surface area contributed by atoms with E-state index in [1.165, 1.54) is 6.07 Å². The molecule has 0 saturated carbocycles. The summed E-state index contributed by atoms with van der Waals surface area (Å²) in [7, 11) is 0. The van der Waals surface area contributed by atoms with Gasteiger partial charge < -0.3 is 5.32 Å². The first-order chi connectivity index (χ1) is 9.49. The Bertz CT molecular complexity index is 541. The van der Waals surface area contributed by atoms with Gasteiger partial charge in [-0.15, -0.1) is 0 Å². The number of nitrogens with one attached hydrogen (secondary N) is 3. The molecular formula is C12H11F2N3O3. The van der Waals surface area contributed by atoms with Crippen LogP contribution in [0.15, 0.2) is 18.2 Å². The minimum absolute atomic E-state index is 0.0421. The zero-order valence-electron chi connectivity index (χ0n) is 10.2. The van der Waals surface area contributed by atoms with Crippen LogP contribution in [0.2, 0.25) is 0 Å². The lowest BCUT2D eigenvalue weighted by Crippen LogP contribution is -2.28. The first kappa shape index (κ1) is 13.9. The van der Waals surface area contributed by atoms with Gasteiger partial charge in [0.1, 0.15) is 23.2 Å². The van der Waals surface area contributed by atoms with Gasteiger partial charge in [-0.2, -0.15) is 0 Å². The lowest BCUT2D eigenvalue weighted by atomic mass is 10.0. The Hall–Kier alpha value is -2.51. The predicted octanol–water partition coefficient (Wildman–Crippen LogP) is 0.461. The van der Waals surface area contributed by atoms with Crippen molar-refractivity contribution in [2.45, 2.75) is 12.8 Å². The fourth-order valence-corrected chi connectivity index (χ4v) is 1.77. The number of carbonyl (C=O) groups excluding carboxylic acids is 3. The second kappa shape index (κ2) is 5.64. The van der Waals surface area contributed by atoms with Gasteiger partial charge in [0.25, 0.3) is 11.8 Å². The van der Waals surface area contributed by atoms with Gasteiger partial charge in [-0.05, 0) is 18.6 Å². The largest absolute Gasteiger partial charge is 0.321 e. The maximum Gasteiger partial charge on any atom is 0.251 e. The van der Waals surface area contributed by atoms with Crippen molar-refractivity contribution in [2.75, 3.05) is 5.32 Å². The molecule has 0 atom stereocenters. The van der Waals surface area contributed by atoms with Crippen LogP contribution in [0.4, 0.5) is 14.5 Å². The van der Waals surface area contributed by atoms with E-state index in [-0.39, 0.29) is 12.8 Å². The molecule has 8 heteroatoms. The maximum absolute atomic E-state index is 13.3. The van der Waals surface area contributed by atoms with Crippen molar-refractivity contribution in [1.82, 2.24) is 10.9 Å². The number of benzene rings is 1.